The van der Waals surface area contributed by atoms with Gasteiger partial charge in [-0.2, -0.15) is 0 Å². The van der Waals surface area contributed by atoms with E-state index in [4.69, 9.17) is 5.11 Å². The Morgan fingerprint density at radius 3 is 2.83 bits per heavy atom. The zero-order valence-corrected chi connectivity index (χ0v) is 10.6. The van der Waals surface area contributed by atoms with Gasteiger partial charge in [-0.25, -0.2) is 4.98 Å². The van der Waals surface area contributed by atoms with Gasteiger partial charge >= 0.3 is 0 Å². The Labute approximate surface area is 105 Å². The smallest absolute Gasteiger partial charge is 0.240 e. The van der Waals surface area contributed by atoms with Crippen LogP contribution in [0.25, 0.3) is 11.0 Å². The summed E-state index contributed by atoms with van der Waals surface area (Å²) < 4.78 is 1.81. The number of aliphatic hydroxyl groups excluding tert-OH is 1. The van der Waals surface area contributed by atoms with Crippen molar-refractivity contribution >= 4 is 16.9 Å². The van der Waals surface area contributed by atoms with E-state index in [0.717, 1.165) is 11.0 Å². The lowest BCUT2D eigenvalue weighted by atomic mass is 10.1. The minimum atomic E-state index is -0.124. The molecule has 0 aliphatic heterocycles. The average Bonchev–Trinajstić information content (AvgIpc) is 2.70. The quantitative estimate of drug-likeness (QED) is 0.838. The molecule has 5 heteroatoms. The molecule has 0 unspecified atom stereocenters. The van der Waals surface area contributed by atoms with Crippen molar-refractivity contribution in [2.24, 2.45) is 0 Å². The van der Waals surface area contributed by atoms with Crippen LogP contribution in [0.1, 0.15) is 11.1 Å². The largest absolute Gasteiger partial charge is 0.395 e. The molecule has 18 heavy (non-hydrogen) atoms. The number of rotatable bonds is 4. The summed E-state index contributed by atoms with van der Waals surface area (Å²) in [5.74, 6) is -0.124. The van der Waals surface area contributed by atoms with Crippen LogP contribution in [0, 0.1) is 13.8 Å². The van der Waals surface area contributed by atoms with Gasteiger partial charge in [0.2, 0.25) is 5.91 Å². The van der Waals surface area contributed by atoms with E-state index < -0.39 is 0 Å². The molecule has 2 N–H and O–H groups in total. The van der Waals surface area contributed by atoms with Gasteiger partial charge in [0.1, 0.15) is 6.54 Å². The molecular formula is C13H17N3O2. The van der Waals surface area contributed by atoms with Gasteiger partial charge < -0.3 is 15.0 Å². The average molecular weight is 247 g/mol. The van der Waals surface area contributed by atoms with Crippen LogP contribution in [0.15, 0.2) is 18.5 Å². The normalized spacial score (nSPS) is 10.8. The second kappa shape index (κ2) is 5.18. The molecule has 2 rings (SSSR count). The summed E-state index contributed by atoms with van der Waals surface area (Å²) in [6.07, 6.45) is 1.67. The van der Waals surface area contributed by atoms with Crippen LogP contribution < -0.4 is 5.32 Å². The van der Waals surface area contributed by atoms with E-state index in [-0.39, 0.29) is 25.6 Å². The third kappa shape index (κ3) is 2.51. The van der Waals surface area contributed by atoms with E-state index in [0.29, 0.717) is 0 Å². The van der Waals surface area contributed by atoms with Crippen LogP contribution in [-0.4, -0.2) is 33.7 Å². The monoisotopic (exact) mass is 247 g/mol. The second-order valence-corrected chi connectivity index (χ2v) is 4.37. The summed E-state index contributed by atoms with van der Waals surface area (Å²) in [5, 5.41) is 11.3. The molecule has 0 spiro atoms. The molecule has 2 aromatic rings. The highest BCUT2D eigenvalue weighted by atomic mass is 16.3. The number of fused-ring (bicyclic) bond motifs is 1. The number of aryl methyl sites for hydroxylation is 2. The maximum atomic E-state index is 11.6. The fourth-order valence-corrected chi connectivity index (χ4v) is 1.85. The van der Waals surface area contributed by atoms with E-state index in [2.05, 4.69) is 10.3 Å². The molecule has 0 aliphatic carbocycles. The summed E-state index contributed by atoms with van der Waals surface area (Å²) in [6.45, 7) is 4.54. The minimum absolute atomic E-state index is 0.0469. The number of imidazole rings is 1. The van der Waals surface area contributed by atoms with E-state index in [1.165, 1.54) is 11.1 Å². The Bertz CT molecular complexity index is 575. The lowest BCUT2D eigenvalue weighted by Gasteiger charge is -2.06. The van der Waals surface area contributed by atoms with Crippen molar-refractivity contribution < 1.29 is 9.90 Å². The van der Waals surface area contributed by atoms with Gasteiger partial charge in [-0.05, 0) is 37.1 Å². The van der Waals surface area contributed by atoms with Crippen molar-refractivity contribution in [3.05, 3.63) is 29.6 Å². The van der Waals surface area contributed by atoms with Gasteiger partial charge in [0, 0.05) is 6.54 Å². The van der Waals surface area contributed by atoms with Crippen LogP contribution in [0.5, 0.6) is 0 Å². The van der Waals surface area contributed by atoms with Crippen molar-refractivity contribution in [1.82, 2.24) is 14.9 Å². The molecule has 1 heterocycles. The number of nitrogens with zero attached hydrogens (tertiary/aromatic N) is 2. The Morgan fingerprint density at radius 2 is 2.11 bits per heavy atom. The molecular weight excluding hydrogens is 230 g/mol. The maximum absolute atomic E-state index is 11.6. The lowest BCUT2D eigenvalue weighted by molar-refractivity contribution is -0.121. The van der Waals surface area contributed by atoms with Crippen LogP contribution in [0.2, 0.25) is 0 Å². The van der Waals surface area contributed by atoms with E-state index in [1.807, 2.05) is 30.5 Å². The summed E-state index contributed by atoms with van der Waals surface area (Å²) in [5.41, 5.74) is 4.22. The number of amides is 1. The number of benzene rings is 1. The molecule has 0 saturated heterocycles. The van der Waals surface area contributed by atoms with Gasteiger partial charge in [0.05, 0.1) is 24.0 Å². The molecule has 5 nitrogen and oxygen atoms in total. The predicted molar refractivity (Wildman–Crippen MR) is 69.3 cm³/mol. The number of nitrogens with one attached hydrogen (secondary N) is 1. The van der Waals surface area contributed by atoms with Crippen molar-refractivity contribution in [3.63, 3.8) is 0 Å². The van der Waals surface area contributed by atoms with Gasteiger partial charge in [-0.15, -0.1) is 0 Å². The highest BCUT2D eigenvalue weighted by Crippen LogP contribution is 2.18. The van der Waals surface area contributed by atoms with Crippen LogP contribution in [0.3, 0.4) is 0 Å². The van der Waals surface area contributed by atoms with E-state index in [9.17, 15) is 4.79 Å². The number of aliphatic hydroxyl groups is 1. The number of hydrogen-bond donors (Lipinski definition) is 2. The first-order valence-electron chi connectivity index (χ1n) is 5.91. The highest BCUT2D eigenvalue weighted by Gasteiger charge is 2.08. The van der Waals surface area contributed by atoms with Crippen molar-refractivity contribution in [3.8, 4) is 0 Å². The molecule has 96 valence electrons. The second-order valence-electron chi connectivity index (χ2n) is 4.37. The van der Waals surface area contributed by atoms with Gasteiger partial charge in [0.25, 0.3) is 0 Å². The van der Waals surface area contributed by atoms with Gasteiger partial charge in [-0.3, -0.25) is 4.79 Å². The van der Waals surface area contributed by atoms with E-state index >= 15 is 0 Å². The first kappa shape index (κ1) is 12.6. The third-order valence-electron chi connectivity index (χ3n) is 2.98. The molecule has 0 atom stereocenters. The van der Waals surface area contributed by atoms with Crippen LogP contribution in [-0.2, 0) is 11.3 Å². The van der Waals surface area contributed by atoms with Crippen molar-refractivity contribution in [2.45, 2.75) is 20.4 Å². The third-order valence-corrected chi connectivity index (χ3v) is 2.98. The number of aromatic nitrogens is 2. The number of carbonyl (C=O) groups is 1. The van der Waals surface area contributed by atoms with E-state index in [1.54, 1.807) is 6.33 Å². The zero-order chi connectivity index (χ0) is 13.1. The summed E-state index contributed by atoms with van der Waals surface area (Å²) in [7, 11) is 0. The van der Waals surface area contributed by atoms with Gasteiger partial charge in [-0.1, -0.05) is 0 Å². The molecule has 0 saturated carbocycles. The molecule has 0 fully saturated rings. The predicted octanol–water partition coefficient (Wildman–Crippen LogP) is 0.762. The van der Waals surface area contributed by atoms with Crippen molar-refractivity contribution in [2.75, 3.05) is 13.2 Å². The van der Waals surface area contributed by atoms with Crippen LogP contribution in [0.4, 0.5) is 0 Å². The Balaban J connectivity index is 2.24. The molecule has 1 aromatic heterocycles. The molecule has 1 aromatic carbocycles. The molecule has 0 aliphatic rings. The fraction of sp³-hybridized carbons (Fsp3) is 0.385. The van der Waals surface area contributed by atoms with Gasteiger partial charge in [0.15, 0.2) is 0 Å². The Morgan fingerprint density at radius 1 is 1.39 bits per heavy atom. The Kier molecular flexibility index (Phi) is 3.62. The summed E-state index contributed by atoms with van der Waals surface area (Å²) >= 11 is 0. The van der Waals surface area contributed by atoms with Crippen LogP contribution >= 0.6 is 0 Å². The number of carbonyl (C=O) groups excluding carboxylic acids is 1. The zero-order valence-electron chi connectivity index (χ0n) is 10.6. The number of hydrogen-bond acceptors (Lipinski definition) is 3. The standard InChI is InChI=1S/C13H17N3O2/c1-9-5-11-12(6-10(9)2)16(8-15-11)7-13(18)14-3-4-17/h5-6,8,17H,3-4,7H2,1-2H3,(H,14,18). The SMILES string of the molecule is Cc1cc2ncn(CC(=O)NCCO)c2cc1C. The first-order chi connectivity index (χ1) is 8.61. The lowest BCUT2D eigenvalue weighted by Crippen LogP contribution is -2.29. The topological polar surface area (TPSA) is 67.2 Å². The molecule has 1 amide bonds. The Hall–Kier alpha value is -1.88. The summed E-state index contributed by atoms with van der Waals surface area (Å²) in [4.78, 5) is 15.9. The highest BCUT2D eigenvalue weighted by molar-refractivity contribution is 5.81. The fourth-order valence-electron chi connectivity index (χ4n) is 1.85. The maximum Gasteiger partial charge on any atom is 0.240 e. The summed E-state index contributed by atoms with van der Waals surface area (Å²) in [6, 6.07) is 4.06. The minimum Gasteiger partial charge on any atom is -0.395 e. The molecule has 0 bridgehead atoms. The molecule has 0 radical (unpaired) electrons. The van der Waals surface area contributed by atoms with Crippen molar-refractivity contribution in [1.29, 1.82) is 0 Å². The first-order valence-corrected chi connectivity index (χ1v) is 5.91.